The molecule has 104 valence electrons. The first-order chi connectivity index (χ1) is 9.60. The molecule has 3 nitrogen and oxygen atoms in total. The lowest BCUT2D eigenvalue weighted by Crippen LogP contribution is -2.30. The second-order valence-corrected chi connectivity index (χ2v) is 5.22. The molecule has 0 fully saturated rings. The van der Waals surface area contributed by atoms with Crippen LogP contribution in [0, 0.1) is 5.82 Å². The first-order valence-corrected chi connectivity index (χ1v) is 7.00. The molecule has 0 aliphatic carbocycles. The molecular weight excluding hydrogens is 278 g/mol. The highest BCUT2D eigenvalue weighted by molar-refractivity contribution is 7.98. The quantitative estimate of drug-likeness (QED) is 0.652. The number of hydrogen-bond donors (Lipinski definition) is 2. The van der Waals surface area contributed by atoms with Crippen molar-refractivity contribution in [2.24, 2.45) is 0 Å². The zero-order valence-electron chi connectivity index (χ0n) is 10.9. The zero-order valence-corrected chi connectivity index (χ0v) is 11.7. The molecular formula is C14H14BFO3S. The van der Waals surface area contributed by atoms with Crippen LogP contribution in [0.4, 0.5) is 4.39 Å². The SMILES string of the molecule is COc1ccccc1SCc1cc(F)cc(B(O)O)c1. The minimum atomic E-state index is -1.67. The van der Waals surface area contributed by atoms with E-state index in [1.165, 1.54) is 17.8 Å². The molecule has 0 atom stereocenters. The van der Waals surface area contributed by atoms with Gasteiger partial charge in [-0.25, -0.2) is 4.39 Å². The molecule has 2 N–H and O–H groups in total. The highest BCUT2D eigenvalue weighted by atomic mass is 32.2. The highest BCUT2D eigenvalue weighted by Gasteiger charge is 2.13. The van der Waals surface area contributed by atoms with Crippen molar-refractivity contribution >= 4 is 24.3 Å². The summed E-state index contributed by atoms with van der Waals surface area (Å²) in [4.78, 5) is 0.949. The summed E-state index contributed by atoms with van der Waals surface area (Å²) in [5, 5.41) is 18.2. The van der Waals surface area contributed by atoms with Crippen LogP contribution in [0.25, 0.3) is 0 Å². The van der Waals surface area contributed by atoms with E-state index in [1.54, 1.807) is 13.2 Å². The van der Waals surface area contributed by atoms with Crippen molar-refractivity contribution in [2.45, 2.75) is 10.6 Å². The number of benzene rings is 2. The maximum atomic E-state index is 13.4. The van der Waals surface area contributed by atoms with Crippen LogP contribution in [0.3, 0.4) is 0 Å². The van der Waals surface area contributed by atoms with Crippen molar-refractivity contribution < 1.29 is 19.2 Å². The van der Waals surface area contributed by atoms with E-state index in [1.807, 2.05) is 24.3 Å². The van der Waals surface area contributed by atoms with Crippen LogP contribution in [0.5, 0.6) is 5.75 Å². The second kappa shape index (κ2) is 6.79. The Hall–Kier alpha value is -1.50. The molecule has 0 aliphatic rings. The van der Waals surface area contributed by atoms with Crippen molar-refractivity contribution in [3.8, 4) is 5.75 Å². The first-order valence-electron chi connectivity index (χ1n) is 6.01. The number of thioether (sulfide) groups is 1. The van der Waals surface area contributed by atoms with Gasteiger partial charge in [0.05, 0.1) is 7.11 Å². The molecule has 6 heteroatoms. The Kier molecular flexibility index (Phi) is 5.06. The lowest BCUT2D eigenvalue weighted by molar-refractivity contribution is 0.405. The minimum Gasteiger partial charge on any atom is -0.496 e. The third-order valence-electron chi connectivity index (χ3n) is 2.74. The lowest BCUT2D eigenvalue weighted by Gasteiger charge is -2.09. The van der Waals surface area contributed by atoms with Crippen molar-refractivity contribution in [3.05, 3.63) is 53.8 Å². The number of methoxy groups -OCH3 is 1. The summed E-state index contributed by atoms with van der Waals surface area (Å²) in [6, 6.07) is 11.6. The van der Waals surface area contributed by atoms with Gasteiger partial charge in [0.25, 0.3) is 0 Å². The Labute approximate surface area is 121 Å². The van der Waals surface area contributed by atoms with Gasteiger partial charge in [0, 0.05) is 10.6 Å². The first kappa shape index (κ1) is 14.9. The maximum Gasteiger partial charge on any atom is 0.488 e. The summed E-state index contributed by atoms with van der Waals surface area (Å²) < 4.78 is 18.6. The van der Waals surface area contributed by atoms with Gasteiger partial charge in [-0.2, -0.15) is 0 Å². The summed E-state index contributed by atoms with van der Waals surface area (Å²) in [5.74, 6) is 0.792. The molecule has 0 radical (unpaired) electrons. The van der Waals surface area contributed by atoms with E-state index >= 15 is 0 Å². The van der Waals surface area contributed by atoms with E-state index < -0.39 is 12.9 Å². The molecule has 0 saturated carbocycles. The highest BCUT2D eigenvalue weighted by Crippen LogP contribution is 2.31. The van der Waals surface area contributed by atoms with Crippen LogP contribution >= 0.6 is 11.8 Å². The Morgan fingerprint density at radius 3 is 2.65 bits per heavy atom. The van der Waals surface area contributed by atoms with E-state index in [-0.39, 0.29) is 5.46 Å². The van der Waals surface area contributed by atoms with Crippen molar-refractivity contribution in [2.75, 3.05) is 7.11 Å². The predicted octanol–water partition coefficient (Wildman–Crippen LogP) is 1.81. The van der Waals surface area contributed by atoms with Gasteiger partial charge < -0.3 is 14.8 Å². The van der Waals surface area contributed by atoms with Gasteiger partial charge in [-0.15, -0.1) is 11.8 Å². The molecule has 0 bridgehead atoms. The van der Waals surface area contributed by atoms with Crippen molar-refractivity contribution in [1.82, 2.24) is 0 Å². The number of para-hydroxylation sites is 1. The van der Waals surface area contributed by atoms with Crippen LogP contribution in [0.1, 0.15) is 5.56 Å². The monoisotopic (exact) mass is 292 g/mol. The van der Waals surface area contributed by atoms with Crippen LogP contribution in [-0.2, 0) is 5.75 Å². The molecule has 0 amide bonds. The van der Waals surface area contributed by atoms with Crippen molar-refractivity contribution in [1.29, 1.82) is 0 Å². The van der Waals surface area contributed by atoms with E-state index in [0.29, 0.717) is 11.3 Å². The Morgan fingerprint density at radius 1 is 1.20 bits per heavy atom. The number of hydrogen-bond acceptors (Lipinski definition) is 4. The summed E-state index contributed by atoms with van der Waals surface area (Å²) in [5.41, 5.74) is 0.838. The van der Waals surface area contributed by atoms with Crippen LogP contribution in [-0.4, -0.2) is 24.3 Å². The van der Waals surface area contributed by atoms with Gasteiger partial charge in [0.2, 0.25) is 0 Å². The molecule has 0 aliphatic heterocycles. The van der Waals surface area contributed by atoms with Gasteiger partial charge in [0.15, 0.2) is 0 Å². The molecule has 0 spiro atoms. The lowest BCUT2D eigenvalue weighted by atomic mass is 9.79. The van der Waals surface area contributed by atoms with Crippen LogP contribution < -0.4 is 10.2 Å². The summed E-state index contributed by atoms with van der Waals surface area (Å²) in [7, 11) is -0.0670. The molecule has 0 saturated heterocycles. The van der Waals surface area contributed by atoms with E-state index in [9.17, 15) is 4.39 Å². The van der Waals surface area contributed by atoms with Crippen LogP contribution in [0.15, 0.2) is 47.4 Å². The number of ether oxygens (including phenoxy) is 1. The third kappa shape index (κ3) is 3.76. The third-order valence-corrected chi connectivity index (χ3v) is 3.87. The predicted molar refractivity (Wildman–Crippen MR) is 78.8 cm³/mol. The molecule has 2 aromatic rings. The average Bonchev–Trinajstić information content (AvgIpc) is 2.44. The van der Waals surface area contributed by atoms with Gasteiger partial charge in [0.1, 0.15) is 11.6 Å². The number of halogens is 1. The summed E-state index contributed by atoms with van der Waals surface area (Å²) in [6.45, 7) is 0. The van der Waals surface area contributed by atoms with E-state index in [2.05, 4.69) is 0 Å². The second-order valence-electron chi connectivity index (χ2n) is 4.21. The smallest absolute Gasteiger partial charge is 0.488 e. The molecule has 2 aromatic carbocycles. The fraction of sp³-hybridized carbons (Fsp3) is 0.143. The Bertz CT molecular complexity index is 592. The fourth-order valence-electron chi connectivity index (χ4n) is 1.81. The summed E-state index contributed by atoms with van der Waals surface area (Å²) >= 11 is 1.50. The fourth-order valence-corrected chi connectivity index (χ4v) is 2.76. The van der Waals surface area contributed by atoms with Crippen molar-refractivity contribution in [3.63, 3.8) is 0 Å². The van der Waals surface area contributed by atoms with Gasteiger partial charge >= 0.3 is 7.12 Å². The van der Waals surface area contributed by atoms with Gasteiger partial charge in [-0.3, -0.25) is 0 Å². The maximum absolute atomic E-state index is 13.4. The van der Waals surface area contributed by atoms with E-state index in [0.717, 1.165) is 16.7 Å². The number of rotatable bonds is 5. The molecule has 0 unspecified atom stereocenters. The largest absolute Gasteiger partial charge is 0.496 e. The Morgan fingerprint density at radius 2 is 1.95 bits per heavy atom. The Balaban J connectivity index is 2.14. The molecule has 0 aromatic heterocycles. The minimum absolute atomic E-state index is 0.153. The average molecular weight is 292 g/mol. The van der Waals surface area contributed by atoms with Gasteiger partial charge in [-0.1, -0.05) is 18.2 Å². The summed E-state index contributed by atoms with van der Waals surface area (Å²) in [6.07, 6.45) is 0. The zero-order chi connectivity index (χ0) is 14.5. The van der Waals surface area contributed by atoms with Crippen LogP contribution in [0.2, 0.25) is 0 Å². The molecule has 2 rings (SSSR count). The normalized spacial score (nSPS) is 10.4. The topological polar surface area (TPSA) is 49.7 Å². The molecule has 0 heterocycles. The standard InChI is InChI=1S/C14H14BFO3S/c1-19-13-4-2-3-5-14(13)20-9-10-6-11(15(17)18)8-12(16)7-10/h2-8,17-18H,9H2,1H3. The van der Waals surface area contributed by atoms with E-state index in [4.69, 9.17) is 14.8 Å². The van der Waals surface area contributed by atoms with Gasteiger partial charge in [-0.05, 0) is 35.3 Å². The molecule has 20 heavy (non-hydrogen) atoms.